The molecule has 0 amide bonds. The van der Waals surface area contributed by atoms with Crippen LogP contribution in [-0.2, 0) is 19.9 Å². The van der Waals surface area contributed by atoms with E-state index in [1.54, 1.807) is 7.05 Å². The Morgan fingerprint density at radius 1 is 1.00 bits per heavy atom. The van der Waals surface area contributed by atoms with E-state index in [4.69, 9.17) is 5.26 Å². The molecule has 0 radical (unpaired) electrons. The van der Waals surface area contributed by atoms with Crippen molar-refractivity contribution in [3.05, 3.63) is 64.2 Å². The summed E-state index contributed by atoms with van der Waals surface area (Å²) in [5.74, 6) is 0.274. The van der Waals surface area contributed by atoms with Crippen molar-refractivity contribution in [2.75, 3.05) is 32.4 Å². The zero-order valence-electron chi connectivity index (χ0n) is 19.9. The highest BCUT2D eigenvalue weighted by Gasteiger charge is 2.47. The Kier molecular flexibility index (Phi) is 7.47. The average Bonchev–Trinajstić information content (AvgIpc) is 3.12. The van der Waals surface area contributed by atoms with Crippen molar-refractivity contribution in [3.63, 3.8) is 0 Å². The molecule has 12 heteroatoms. The third kappa shape index (κ3) is 5.29. The summed E-state index contributed by atoms with van der Waals surface area (Å²) in [4.78, 5) is 12.8. The van der Waals surface area contributed by atoms with E-state index in [2.05, 4.69) is 4.90 Å². The molecule has 2 fully saturated rings. The number of non-ortho nitro benzene ring substituents is 1. The van der Waals surface area contributed by atoms with Gasteiger partial charge in [0.25, 0.3) is 5.69 Å². The maximum atomic E-state index is 13.2. The maximum absolute atomic E-state index is 13.2. The molecule has 1 aliphatic carbocycles. The minimum atomic E-state index is -3.80. The van der Waals surface area contributed by atoms with Gasteiger partial charge in [-0.15, -0.1) is 0 Å². The van der Waals surface area contributed by atoms with Crippen molar-refractivity contribution in [3.8, 4) is 6.07 Å². The first-order valence-corrected chi connectivity index (χ1v) is 14.8. The molecule has 2 aliphatic rings. The molecule has 1 saturated carbocycles. The van der Waals surface area contributed by atoms with Crippen LogP contribution in [0, 0.1) is 33.3 Å². The fraction of sp³-hybridized carbons (Fsp3) is 0.458. The molecular weight excluding hydrogens is 504 g/mol. The topological polar surface area (TPSA) is 142 Å². The van der Waals surface area contributed by atoms with Crippen LogP contribution >= 0.6 is 0 Å². The van der Waals surface area contributed by atoms with E-state index in [1.165, 1.54) is 52.8 Å². The third-order valence-corrected chi connectivity index (χ3v) is 10.9. The molecule has 1 aliphatic heterocycles. The van der Waals surface area contributed by atoms with Crippen LogP contribution in [0.2, 0.25) is 0 Å². The Morgan fingerprint density at radius 3 is 2.08 bits per heavy atom. The monoisotopic (exact) mass is 532 g/mol. The van der Waals surface area contributed by atoms with Crippen LogP contribution in [-0.4, -0.2) is 69.4 Å². The summed E-state index contributed by atoms with van der Waals surface area (Å²) in [6.45, 7) is 1.99. The van der Waals surface area contributed by atoms with Crippen molar-refractivity contribution >= 4 is 25.5 Å². The van der Waals surface area contributed by atoms with Gasteiger partial charge in [-0.05, 0) is 74.0 Å². The summed E-state index contributed by atoms with van der Waals surface area (Å²) in [7, 11) is -5.67. The smallest absolute Gasteiger partial charge is 0.269 e. The Labute approximate surface area is 211 Å². The van der Waals surface area contributed by atoms with Gasteiger partial charge in [-0.25, -0.2) is 16.8 Å². The van der Waals surface area contributed by atoms with Crippen LogP contribution in [0.25, 0.3) is 0 Å². The Morgan fingerprint density at radius 2 is 1.56 bits per heavy atom. The molecule has 2 bridgehead atoms. The normalized spacial score (nSPS) is 22.4. The van der Waals surface area contributed by atoms with Gasteiger partial charge in [-0.2, -0.15) is 9.57 Å². The fourth-order valence-corrected chi connectivity index (χ4v) is 8.24. The predicted octanol–water partition coefficient (Wildman–Crippen LogP) is 2.66. The van der Waals surface area contributed by atoms with E-state index < -0.39 is 24.8 Å². The molecule has 2 atom stereocenters. The number of hydrogen-bond acceptors (Lipinski definition) is 8. The van der Waals surface area contributed by atoms with Crippen molar-refractivity contribution < 1.29 is 21.8 Å². The zero-order chi connectivity index (χ0) is 26.1. The standard InChI is InChI=1S/C24H28N4O6S2/c1-26(36(33,34)23-11-7-21(8-12-23)28(29)30)24-19-5-6-20(24)17-27(16-19)13-2-14-35(31,32)22-9-3-18(15-25)4-10-22/h3-4,7-12,19-20,24H,2,5-6,13-14,16-17H2,1H3. The molecule has 2 aromatic carbocycles. The van der Waals surface area contributed by atoms with E-state index in [1.807, 2.05) is 6.07 Å². The van der Waals surface area contributed by atoms with Gasteiger partial charge < -0.3 is 4.90 Å². The molecule has 2 unspecified atom stereocenters. The number of nitro groups is 1. The second-order valence-corrected chi connectivity index (χ2v) is 13.5. The number of nitriles is 1. The summed E-state index contributed by atoms with van der Waals surface area (Å²) in [5.41, 5.74) is 0.249. The molecule has 192 valence electrons. The summed E-state index contributed by atoms with van der Waals surface area (Å²) in [6, 6.07) is 12.7. The molecule has 36 heavy (non-hydrogen) atoms. The number of likely N-dealkylation sites (tertiary alicyclic amines) is 1. The van der Waals surface area contributed by atoms with Gasteiger partial charge in [0.1, 0.15) is 0 Å². The Bertz CT molecular complexity index is 1360. The number of fused-ring (bicyclic) bond motifs is 2. The molecule has 0 N–H and O–H groups in total. The molecular formula is C24H28N4O6S2. The van der Waals surface area contributed by atoms with Crippen molar-refractivity contribution in [2.24, 2.45) is 11.8 Å². The zero-order valence-corrected chi connectivity index (χ0v) is 21.5. The van der Waals surface area contributed by atoms with E-state index in [-0.39, 0.29) is 39.1 Å². The summed E-state index contributed by atoms with van der Waals surface area (Å²) < 4.78 is 53.2. The number of benzene rings is 2. The van der Waals surface area contributed by atoms with Gasteiger partial charge in [0, 0.05) is 38.3 Å². The lowest BCUT2D eigenvalue weighted by Gasteiger charge is -2.41. The highest BCUT2D eigenvalue weighted by molar-refractivity contribution is 7.91. The van der Waals surface area contributed by atoms with Gasteiger partial charge in [-0.3, -0.25) is 10.1 Å². The van der Waals surface area contributed by atoms with Crippen LogP contribution in [0.3, 0.4) is 0 Å². The third-order valence-electron chi connectivity index (χ3n) is 7.23. The van der Waals surface area contributed by atoms with E-state index in [9.17, 15) is 26.9 Å². The SMILES string of the molecule is CN(C1C2CCC1CN(CCCS(=O)(=O)c1ccc(C#N)cc1)C2)S(=O)(=O)c1ccc([N+](=O)[O-])cc1. The van der Waals surface area contributed by atoms with Crippen LogP contribution in [0.15, 0.2) is 58.3 Å². The molecule has 1 heterocycles. The molecule has 0 aromatic heterocycles. The second kappa shape index (κ2) is 10.3. The maximum Gasteiger partial charge on any atom is 0.269 e. The largest absolute Gasteiger partial charge is 0.303 e. The van der Waals surface area contributed by atoms with Crippen molar-refractivity contribution in [1.82, 2.24) is 9.21 Å². The number of rotatable bonds is 9. The first-order chi connectivity index (χ1) is 17.0. The van der Waals surface area contributed by atoms with E-state index in [0.29, 0.717) is 31.6 Å². The van der Waals surface area contributed by atoms with Gasteiger partial charge in [-0.1, -0.05) is 0 Å². The van der Waals surface area contributed by atoms with E-state index in [0.717, 1.165) is 12.8 Å². The van der Waals surface area contributed by atoms with Gasteiger partial charge in [0.15, 0.2) is 9.84 Å². The van der Waals surface area contributed by atoms with Crippen LogP contribution in [0.5, 0.6) is 0 Å². The molecule has 0 spiro atoms. The van der Waals surface area contributed by atoms with Crippen molar-refractivity contribution in [1.29, 1.82) is 5.26 Å². The number of sulfonamides is 1. The minimum absolute atomic E-state index is 0.00257. The predicted molar refractivity (Wildman–Crippen MR) is 132 cm³/mol. The Hall–Kier alpha value is -2.85. The second-order valence-electron chi connectivity index (χ2n) is 9.43. The summed E-state index contributed by atoms with van der Waals surface area (Å²) in [5, 5.41) is 19.8. The van der Waals surface area contributed by atoms with Crippen LogP contribution in [0.4, 0.5) is 5.69 Å². The first kappa shape index (κ1) is 26.2. The highest BCUT2D eigenvalue weighted by Crippen LogP contribution is 2.41. The highest BCUT2D eigenvalue weighted by atomic mass is 32.2. The number of piperidine rings is 1. The molecule has 2 aromatic rings. The number of nitro benzene ring substituents is 1. The van der Waals surface area contributed by atoms with Gasteiger partial charge >= 0.3 is 0 Å². The van der Waals surface area contributed by atoms with Crippen molar-refractivity contribution in [2.45, 2.75) is 35.1 Å². The quantitative estimate of drug-likeness (QED) is 0.354. The van der Waals surface area contributed by atoms with Crippen LogP contribution < -0.4 is 0 Å². The van der Waals surface area contributed by atoms with E-state index >= 15 is 0 Å². The molecule has 10 nitrogen and oxygen atoms in total. The number of sulfone groups is 1. The summed E-state index contributed by atoms with van der Waals surface area (Å²) >= 11 is 0. The lowest BCUT2D eigenvalue weighted by Crippen LogP contribution is -2.53. The lowest BCUT2D eigenvalue weighted by molar-refractivity contribution is -0.384. The average molecular weight is 533 g/mol. The summed E-state index contributed by atoms with van der Waals surface area (Å²) in [6.07, 6.45) is 2.26. The minimum Gasteiger partial charge on any atom is -0.303 e. The molecule has 1 saturated heterocycles. The molecule has 4 rings (SSSR count). The van der Waals surface area contributed by atoms with Crippen LogP contribution in [0.1, 0.15) is 24.8 Å². The number of hydrogen-bond donors (Lipinski definition) is 0. The lowest BCUT2D eigenvalue weighted by atomic mass is 9.92. The van der Waals surface area contributed by atoms with Gasteiger partial charge in [0.05, 0.1) is 32.1 Å². The first-order valence-electron chi connectivity index (χ1n) is 11.7. The number of nitrogens with zero attached hydrogens (tertiary/aromatic N) is 4. The fourth-order valence-electron chi connectivity index (χ4n) is 5.47. The van der Waals surface area contributed by atoms with Gasteiger partial charge in [0.2, 0.25) is 10.0 Å². The Balaban J connectivity index is 1.36.